The van der Waals surface area contributed by atoms with Gasteiger partial charge in [0.1, 0.15) is 0 Å². The van der Waals surface area contributed by atoms with E-state index in [0.717, 1.165) is 22.8 Å². The third kappa shape index (κ3) is 5.61. The molecule has 1 atom stereocenters. The Labute approximate surface area is 73.4 Å². The van der Waals surface area contributed by atoms with Crippen LogP contribution in [0.5, 0.6) is 0 Å². The van der Waals surface area contributed by atoms with Crippen LogP contribution in [0.25, 0.3) is 0 Å². The maximum Gasteiger partial charge on any atom is 0.310 e. The highest BCUT2D eigenvalue weighted by molar-refractivity contribution is 8.88. The van der Waals surface area contributed by atoms with Crippen LogP contribution in [-0.2, 0) is 4.57 Å². The first-order valence-electron chi connectivity index (χ1n) is 2.67. The first-order chi connectivity index (χ1) is 5.02. The highest BCUT2D eigenvalue weighted by Gasteiger charge is 2.15. The largest absolute Gasteiger partial charge is 0.861 e. The summed E-state index contributed by atoms with van der Waals surface area (Å²) in [6.45, 7) is 0. The molecule has 66 valence electrons. The summed E-state index contributed by atoms with van der Waals surface area (Å²) in [6, 6.07) is 0. The smallest absolute Gasteiger partial charge is 0.310 e. The lowest BCUT2D eigenvalue weighted by Gasteiger charge is -2.10. The summed E-state index contributed by atoms with van der Waals surface area (Å²) in [5.74, 6) is -3.57. The van der Waals surface area contributed by atoms with Gasteiger partial charge in [0.2, 0.25) is 0 Å². The molecule has 0 saturated carbocycles. The molecule has 7 heteroatoms. The predicted molar refractivity (Wildman–Crippen MR) is 49.2 cm³/mol. The normalized spacial score (nSPS) is 17.9. The van der Waals surface area contributed by atoms with Crippen molar-refractivity contribution in [3.63, 3.8) is 0 Å². The number of hydrogen-bond donors (Lipinski definition) is 1. The molecule has 0 aliphatic heterocycles. The molecule has 0 fully saturated rings. The van der Waals surface area contributed by atoms with Gasteiger partial charge in [-0.05, 0) is 12.2 Å². The van der Waals surface area contributed by atoms with E-state index in [1.807, 2.05) is 0 Å². The first kappa shape index (κ1) is 11.4. The zero-order valence-electron chi connectivity index (χ0n) is 6.18. The summed E-state index contributed by atoms with van der Waals surface area (Å²) in [4.78, 5) is 12.3. The Morgan fingerprint density at radius 2 is 2.36 bits per heavy atom. The highest BCUT2D eigenvalue weighted by atomic mass is 33.1. The number of rotatable bonds is 4. The molecule has 0 aromatic carbocycles. The molecule has 0 heterocycles. The van der Waals surface area contributed by atoms with Gasteiger partial charge in [-0.2, -0.15) is 0 Å². The number of nitrogens with zero attached hydrogens (tertiary/aromatic N) is 1. The Bertz CT molecular complexity index is 196. The molecule has 11 heavy (non-hydrogen) atoms. The molecule has 0 amide bonds. The Kier molecular flexibility index (Phi) is 5.25. The van der Waals surface area contributed by atoms with Crippen molar-refractivity contribution < 1.29 is 14.6 Å². The molecule has 4 nitrogen and oxygen atoms in total. The van der Waals surface area contributed by atoms with Crippen LogP contribution >= 0.6 is 28.5 Å². The Hall–Kier alpha value is 0.360. The fourth-order valence-corrected chi connectivity index (χ4v) is 3.32. The molecular formula is C4H9NO3PS2-. The zero-order valence-corrected chi connectivity index (χ0v) is 8.71. The lowest BCUT2D eigenvalue weighted by molar-refractivity contribution is -0.215. The predicted octanol–water partition coefficient (Wildman–Crippen LogP) is 0.572. The third-order valence-corrected chi connectivity index (χ3v) is 7.04. The van der Waals surface area contributed by atoms with Gasteiger partial charge in [0, 0.05) is 12.8 Å². The van der Waals surface area contributed by atoms with Crippen LogP contribution in [0.15, 0.2) is 4.99 Å². The molecule has 0 rings (SSSR count). The molecule has 0 spiro atoms. The Morgan fingerprint density at radius 1 is 1.82 bits per heavy atom. The number of aliphatic imine (C=N–C) groups is 1. The van der Waals surface area contributed by atoms with Crippen molar-refractivity contribution in [1.82, 2.24) is 0 Å². The van der Waals surface area contributed by atoms with Crippen molar-refractivity contribution in [3.05, 3.63) is 0 Å². The SMILES string of the molecule is CN=C([O-])CSP(=O)(O)SC. The Morgan fingerprint density at radius 3 is 2.73 bits per heavy atom. The van der Waals surface area contributed by atoms with E-state index in [9.17, 15) is 9.67 Å². The molecule has 0 bridgehead atoms. The van der Waals surface area contributed by atoms with E-state index in [-0.39, 0.29) is 11.7 Å². The van der Waals surface area contributed by atoms with E-state index in [1.165, 1.54) is 13.3 Å². The molecule has 0 aromatic rings. The maximum atomic E-state index is 10.9. The van der Waals surface area contributed by atoms with Crippen LogP contribution in [0.4, 0.5) is 0 Å². The fourth-order valence-electron chi connectivity index (χ4n) is 0.254. The monoisotopic (exact) mass is 214 g/mol. The fraction of sp³-hybridized carbons (Fsp3) is 0.750. The van der Waals surface area contributed by atoms with Crippen molar-refractivity contribution >= 4 is 34.4 Å². The average molecular weight is 214 g/mol. The average Bonchev–Trinajstić information content (AvgIpc) is 2.00. The summed E-state index contributed by atoms with van der Waals surface area (Å²) < 4.78 is 10.9. The molecule has 0 aliphatic rings. The molecular weight excluding hydrogens is 205 g/mol. The maximum absolute atomic E-state index is 10.9. The summed E-state index contributed by atoms with van der Waals surface area (Å²) >= 11 is 1.60. The summed E-state index contributed by atoms with van der Waals surface area (Å²) in [7, 11) is 1.37. The van der Waals surface area contributed by atoms with Crippen molar-refractivity contribution in [2.75, 3.05) is 19.1 Å². The second-order valence-corrected chi connectivity index (χ2v) is 8.92. The van der Waals surface area contributed by atoms with Crippen LogP contribution in [0, 0.1) is 0 Å². The molecule has 1 unspecified atom stereocenters. The first-order valence-corrected chi connectivity index (χ1v) is 7.75. The van der Waals surface area contributed by atoms with Crippen molar-refractivity contribution in [3.8, 4) is 0 Å². The minimum Gasteiger partial charge on any atom is -0.861 e. The molecule has 0 aliphatic carbocycles. The lowest BCUT2D eigenvalue weighted by Crippen LogP contribution is -2.19. The second-order valence-electron chi connectivity index (χ2n) is 1.54. The van der Waals surface area contributed by atoms with Gasteiger partial charge in [-0.3, -0.25) is 4.57 Å². The van der Waals surface area contributed by atoms with Gasteiger partial charge in [-0.15, -0.1) is 0 Å². The second kappa shape index (κ2) is 5.09. The van der Waals surface area contributed by atoms with E-state index in [2.05, 4.69) is 4.99 Å². The van der Waals surface area contributed by atoms with Crippen LogP contribution in [0.1, 0.15) is 0 Å². The van der Waals surface area contributed by atoms with Crippen LogP contribution < -0.4 is 5.11 Å². The third-order valence-electron chi connectivity index (χ3n) is 0.831. The van der Waals surface area contributed by atoms with Gasteiger partial charge >= 0.3 is 5.77 Å². The minimum absolute atomic E-state index is 0.0227. The van der Waals surface area contributed by atoms with Gasteiger partial charge in [0.05, 0.1) is 0 Å². The van der Waals surface area contributed by atoms with Crippen molar-refractivity contribution in [1.29, 1.82) is 0 Å². The summed E-state index contributed by atoms with van der Waals surface area (Å²) in [6.07, 6.45) is 1.53. The van der Waals surface area contributed by atoms with E-state index >= 15 is 0 Å². The number of hydrogen-bond acceptors (Lipinski definition) is 5. The standard InChI is InChI=1S/C4H10NO3PS2/c1-5-4(6)3-11-9(7,8)10-2/h3H2,1-2H3,(H,5,6)(H,7,8)/p-1. The van der Waals surface area contributed by atoms with Gasteiger partial charge in [-0.1, -0.05) is 22.8 Å². The van der Waals surface area contributed by atoms with Gasteiger partial charge < -0.3 is 15.0 Å². The lowest BCUT2D eigenvalue weighted by atomic mass is 10.8. The van der Waals surface area contributed by atoms with Crippen molar-refractivity contribution in [2.45, 2.75) is 0 Å². The van der Waals surface area contributed by atoms with E-state index < -0.39 is 5.77 Å². The van der Waals surface area contributed by atoms with E-state index in [0.29, 0.717) is 0 Å². The van der Waals surface area contributed by atoms with Gasteiger partial charge in [0.25, 0.3) is 0 Å². The molecule has 0 saturated heterocycles. The summed E-state index contributed by atoms with van der Waals surface area (Å²) in [5, 5.41) is 10.5. The van der Waals surface area contributed by atoms with Crippen molar-refractivity contribution in [2.24, 2.45) is 4.99 Å². The molecule has 0 radical (unpaired) electrons. The topological polar surface area (TPSA) is 72.7 Å². The quantitative estimate of drug-likeness (QED) is 0.421. The molecule has 1 N–H and O–H groups in total. The van der Waals surface area contributed by atoms with Crippen LogP contribution in [-0.4, -0.2) is 29.8 Å². The Balaban J connectivity index is 3.80. The van der Waals surface area contributed by atoms with Gasteiger partial charge in [-0.25, -0.2) is 0 Å². The van der Waals surface area contributed by atoms with E-state index in [4.69, 9.17) is 4.89 Å². The molecule has 0 aromatic heterocycles. The van der Waals surface area contributed by atoms with E-state index in [1.54, 1.807) is 0 Å². The summed E-state index contributed by atoms with van der Waals surface area (Å²) in [5.41, 5.74) is 0. The highest BCUT2D eigenvalue weighted by Crippen LogP contribution is 2.64. The van der Waals surface area contributed by atoms with Gasteiger partial charge in [0.15, 0.2) is 0 Å². The zero-order chi connectivity index (χ0) is 8.91. The van der Waals surface area contributed by atoms with Crippen LogP contribution in [0.3, 0.4) is 0 Å². The van der Waals surface area contributed by atoms with Crippen LogP contribution in [0.2, 0.25) is 0 Å². The minimum atomic E-state index is -3.19.